The summed E-state index contributed by atoms with van der Waals surface area (Å²) < 4.78 is 10.8. The minimum Gasteiger partial charge on any atom is -0.350 e. The number of ether oxygens (including phenoxy) is 2. The normalized spacial score (nSPS) is 29.6. The van der Waals surface area contributed by atoms with Crippen LogP contribution in [0, 0.1) is 0 Å². The third kappa shape index (κ3) is 3.23. The Balaban J connectivity index is 1.52. The molecule has 0 radical (unpaired) electrons. The van der Waals surface area contributed by atoms with Crippen LogP contribution >= 0.6 is 0 Å². The highest BCUT2D eigenvalue weighted by Crippen LogP contribution is 2.16. The van der Waals surface area contributed by atoms with Gasteiger partial charge in [0.05, 0.1) is 13.2 Å². The highest BCUT2D eigenvalue weighted by atomic mass is 16.7. The highest BCUT2D eigenvalue weighted by Gasteiger charge is 2.17. The second-order valence-electron chi connectivity index (χ2n) is 4.25. The van der Waals surface area contributed by atoms with Crippen LogP contribution in [0.4, 0.5) is 0 Å². The van der Waals surface area contributed by atoms with E-state index in [0.717, 1.165) is 25.7 Å². The molecule has 14 heavy (non-hydrogen) atoms. The molecule has 0 aromatic carbocycles. The fourth-order valence-electron chi connectivity index (χ4n) is 2.28. The fourth-order valence-corrected chi connectivity index (χ4v) is 2.28. The summed E-state index contributed by atoms with van der Waals surface area (Å²) in [5.41, 5.74) is 0. The molecular weight excluding hydrogens is 178 g/mol. The quantitative estimate of drug-likeness (QED) is 0.747. The maximum atomic E-state index is 5.40. The van der Waals surface area contributed by atoms with Crippen molar-refractivity contribution >= 4 is 0 Å². The SMILES string of the molecule is C1CCC(CCCC2OCCO2)NC1. The molecule has 0 aromatic heterocycles. The first-order valence-electron chi connectivity index (χ1n) is 5.92. The van der Waals surface area contributed by atoms with E-state index in [2.05, 4.69) is 5.32 Å². The predicted molar refractivity (Wildman–Crippen MR) is 55.2 cm³/mol. The van der Waals surface area contributed by atoms with Gasteiger partial charge in [-0.05, 0) is 38.6 Å². The Bertz CT molecular complexity index is 151. The molecule has 0 amide bonds. The van der Waals surface area contributed by atoms with Gasteiger partial charge < -0.3 is 14.8 Å². The monoisotopic (exact) mass is 199 g/mol. The first-order valence-corrected chi connectivity index (χ1v) is 5.92. The van der Waals surface area contributed by atoms with Gasteiger partial charge in [0.1, 0.15) is 0 Å². The van der Waals surface area contributed by atoms with Crippen molar-refractivity contribution in [3.8, 4) is 0 Å². The lowest BCUT2D eigenvalue weighted by atomic mass is 10.00. The number of hydrogen-bond acceptors (Lipinski definition) is 3. The molecule has 2 rings (SSSR count). The molecule has 0 bridgehead atoms. The standard InChI is InChI=1S/C11H21NO2/c1-2-7-12-10(4-1)5-3-6-11-13-8-9-14-11/h10-12H,1-9H2. The van der Waals surface area contributed by atoms with E-state index >= 15 is 0 Å². The van der Waals surface area contributed by atoms with E-state index in [1.54, 1.807) is 0 Å². The average molecular weight is 199 g/mol. The van der Waals surface area contributed by atoms with E-state index in [1.807, 2.05) is 0 Å². The van der Waals surface area contributed by atoms with Crippen LogP contribution in [0.2, 0.25) is 0 Å². The third-order valence-corrected chi connectivity index (χ3v) is 3.10. The van der Waals surface area contributed by atoms with Gasteiger partial charge in [-0.25, -0.2) is 0 Å². The molecule has 2 saturated heterocycles. The van der Waals surface area contributed by atoms with Crippen LogP contribution < -0.4 is 5.32 Å². The van der Waals surface area contributed by atoms with Gasteiger partial charge in [-0.1, -0.05) is 6.42 Å². The van der Waals surface area contributed by atoms with Crippen molar-refractivity contribution in [1.82, 2.24) is 5.32 Å². The van der Waals surface area contributed by atoms with Crippen LogP contribution in [0.25, 0.3) is 0 Å². The Kier molecular flexibility index (Phi) is 4.22. The van der Waals surface area contributed by atoms with Crippen molar-refractivity contribution in [2.75, 3.05) is 19.8 Å². The van der Waals surface area contributed by atoms with Gasteiger partial charge in [0.2, 0.25) is 0 Å². The Labute approximate surface area is 86.2 Å². The summed E-state index contributed by atoms with van der Waals surface area (Å²) in [4.78, 5) is 0. The minimum atomic E-state index is 0.0959. The van der Waals surface area contributed by atoms with Gasteiger partial charge in [0.15, 0.2) is 6.29 Å². The fraction of sp³-hybridized carbons (Fsp3) is 1.00. The Morgan fingerprint density at radius 3 is 2.64 bits per heavy atom. The average Bonchev–Trinajstić information content (AvgIpc) is 2.72. The lowest BCUT2D eigenvalue weighted by molar-refractivity contribution is -0.0483. The topological polar surface area (TPSA) is 30.5 Å². The first-order chi connectivity index (χ1) is 6.95. The third-order valence-electron chi connectivity index (χ3n) is 3.10. The zero-order valence-corrected chi connectivity index (χ0v) is 8.84. The molecule has 2 fully saturated rings. The predicted octanol–water partition coefficient (Wildman–Crippen LogP) is 1.67. The van der Waals surface area contributed by atoms with Crippen LogP contribution in [0.1, 0.15) is 38.5 Å². The van der Waals surface area contributed by atoms with E-state index in [4.69, 9.17) is 9.47 Å². The van der Waals surface area contributed by atoms with Crippen LogP contribution in [0.3, 0.4) is 0 Å². The first kappa shape index (κ1) is 10.4. The van der Waals surface area contributed by atoms with Gasteiger partial charge in [0, 0.05) is 6.04 Å². The van der Waals surface area contributed by atoms with Gasteiger partial charge >= 0.3 is 0 Å². The molecule has 82 valence electrons. The van der Waals surface area contributed by atoms with Crippen molar-refractivity contribution in [1.29, 1.82) is 0 Å². The molecule has 1 unspecified atom stereocenters. The van der Waals surface area contributed by atoms with E-state index in [-0.39, 0.29) is 6.29 Å². The maximum Gasteiger partial charge on any atom is 0.157 e. The molecule has 2 heterocycles. The van der Waals surface area contributed by atoms with Crippen molar-refractivity contribution in [2.45, 2.75) is 50.9 Å². The summed E-state index contributed by atoms with van der Waals surface area (Å²) in [6.07, 6.45) is 7.77. The largest absolute Gasteiger partial charge is 0.350 e. The molecule has 3 nitrogen and oxygen atoms in total. The van der Waals surface area contributed by atoms with E-state index in [0.29, 0.717) is 0 Å². The number of nitrogens with one attached hydrogen (secondary N) is 1. The highest BCUT2D eigenvalue weighted by molar-refractivity contribution is 4.72. The lowest BCUT2D eigenvalue weighted by Gasteiger charge is -2.23. The maximum absolute atomic E-state index is 5.40. The van der Waals surface area contributed by atoms with Gasteiger partial charge in [-0.15, -0.1) is 0 Å². The smallest absolute Gasteiger partial charge is 0.157 e. The van der Waals surface area contributed by atoms with Gasteiger partial charge in [-0.2, -0.15) is 0 Å². The van der Waals surface area contributed by atoms with Crippen molar-refractivity contribution in [2.24, 2.45) is 0 Å². The number of piperidine rings is 1. The van der Waals surface area contributed by atoms with Crippen molar-refractivity contribution < 1.29 is 9.47 Å². The van der Waals surface area contributed by atoms with Crippen molar-refractivity contribution in [3.63, 3.8) is 0 Å². The van der Waals surface area contributed by atoms with Crippen LogP contribution in [-0.4, -0.2) is 32.1 Å². The summed E-state index contributed by atoms with van der Waals surface area (Å²) in [5.74, 6) is 0. The summed E-state index contributed by atoms with van der Waals surface area (Å²) >= 11 is 0. The molecule has 3 heteroatoms. The summed E-state index contributed by atoms with van der Waals surface area (Å²) in [5, 5.41) is 3.56. The molecule has 2 aliphatic heterocycles. The summed E-state index contributed by atoms with van der Waals surface area (Å²) in [6.45, 7) is 2.78. The molecule has 0 aliphatic carbocycles. The van der Waals surface area contributed by atoms with E-state index in [9.17, 15) is 0 Å². The molecule has 0 aromatic rings. The van der Waals surface area contributed by atoms with Gasteiger partial charge in [0.25, 0.3) is 0 Å². The molecule has 2 aliphatic rings. The second kappa shape index (κ2) is 5.69. The lowest BCUT2D eigenvalue weighted by Crippen LogP contribution is -2.33. The van der Waals surface area contributed by atoms with Crippen LogP contribution in [0.15, 0.2) is 0 Å². The second-order valence-corrected chi connectivity index (χ2v) is 4.25. The zero-order valence-electron chi connectivity index (χ0n) is 8.84. The Morgan fingerprint density at radius 1 is 1.07 bits per heavy atom. The Morgan fingerprint density at radius 2 is 1.93 bits per heavy atom. The van der Waals surface area contributed by atoms with Crippen molar-refractivity contribution in [3.05, 3.63) is 0 Å². The number of rotatable bonds is 4. The number of hydrogen-bond donors (Lipinski definition) is 1. The minimum absolute atomic E-state index is 0.0959. The van der Waals surface area contributed by atoms with Crippen LogP contribution in [-0.2, 0) is 9.47 Å². The van der Waals surface area contributed by atoms with Gasteiger partial charge in [-0.3, -0.25) is 0 Å². The van der Waals surface area contributed by atoms with Crippen LogP contribution in [0.5, 0.6) is 0 Å². The molecule has 1 atom stereocenters. The molecule has 0 spiro atoms. The molecular formula is C11H21NO2. The summed E-state index contributed by atoms with van der Waals surface area (Å²) in [7, 11) is 0. The van der Waals surface area contributed by atoms with E-state index in [1.165, 1.54) is 38.6 Å². The summed E-state index contributed by atoms with van der Waals surface area (Å²) in [6, 6.07) is 0.755. The molecule has 1 N–H and O–H groups in total. The zero-order chi connectivity index (χ0) is 9.64. The molecule has 0 saturated carbocycles. The Hall–Kier alpha value is -0.120. The van der Waals surface area contributed by atoms with E-state index < -0.39 is 0 Å².